The molecule has 0 aliphatic rings. The van der Waals surface area contributed by atoms with E-state index in [0.717, 1.165) is 16.8 Å². The molecule has 3 aromatic carbocycles. The first kappa shape index (κ1) is 18.7. The van der Waals surface area contributed by atoms with Crippen LogP contribution < -0.4 is 8.92 Å². The monoisotopic (exact) mass is 381 g/mol. The maximum atomic E-state index is 12.4. The SMILES string of the molecule is COc1cc(C=Nc2ccc(C)cc2)ccc1OS(=O)(=O)c1ccccc1. The van der Waals surface area contributed by atoms with Crippen molar-refractivity contribution in [2.45, 2.75) is 11.8 Å². The van der Waals surface area contributed by atoms with E-state index in [0.29, 0.717) is 5.75 Å². The van der Waals surface area contributed by atoms with Gasteiger partial charge in [-0.1, -0.05) is 35.9 Å². The van der Waals surface area contributed by atoms with Crippen molar-refractivity contribution in [3.63, 3.8) is 0 Å². The molecule has 27 heavy (non-hydrogen) atoms. The molecule has 0 aliphatic heterocycles. The molecule has 0 saturated heterocycles. The molecule has 0 atom stereocenters. The van der Waals surface area contributed by atoms with Crippen LogP contribution in [0.25, 0.3) is 0 Å². The summed E-state index contributed by atoms with van der Waals surface area (Å²) in [4.78, 5) is 4.49. The van der Waals surface area contributed by atoms with Gasteiger partial charge in [-0.2, -0.15) is 8.42 Å². The molecule has 0 heterocycles. The molecule has 138 valence electrons. The molecule has 0 spiro atoms. The van der Waals surface area contributed by atoms with Crippen molar-refractivity contribution in [2.75, 3.05) is 7.11 Å². The molecule has 0 amide bonds. The van der Waals surface area contributed by atoms with Gasteiger partial charge in [0, 0.05) is 6.21 Å². The van der Waals surface area contributed by atoms with E-state index in [1.54, 1.807) is 42.6 Å². The van der Waals surface area contributed by atoms with Crippen LogP contribution in [0.3, 0.4) is 0 Å². The van der Waals surface area contributed by atoms with Gasteiger partial charge >= 0.3 is 10.1 Å². The molecule has 0 fully saturated rings. The Morgan fingerprint density at radius 2 is 1.59 bits per heavy atom. The van der Waals surface area contributed by atoms with E-state index >= 15 is 0 Å². The number of nitrogens with zero attached hydrogens (tertiary/aromatic N) is 1. The standard InChI is InChI=1S/C21H19NO4S/c1-16-8-11-18(12-9-16)22-15-17-10-13-20(21(14-17)25-2)26-27(23,24)19-6-4-3-5-7-19/h3-15H,1-2H3. The quantitative estimate of drug-likeness (QED) is 0.465. The molecule has 5 nitrogen and oxygen atoms in total. The fraction of sp³-hybridized carbons (Fsp3) is 0.0952. The number of aliphatic imine (C=N–C) groups is 1. The molecule has 0 bridgehead atoms. The van der Waals surface area contributed by atoms with Crippen LogP contribution in [0.4, 0.5) is 5.69 Å². The number of hydrogen-bond donors (Lipinski definition) is 0. The number of benzene rings is 3. The van der Waals surface area contributed by atoms with E-state index in [2.05, 4.69) is 4.99 Å². The van der Waals surface area contributed by atoms with Crippen LogP contribution in [-0.4, -0.2) is 21.7 Å². The molecule has 3 rings (SSSR count). The first-order valence-electron chi connectivity index (χ1n) is 8.26. The van der Waals surface area contributed by atoms with Crippen LogP contribution in [0.5, 0.6) is 11.5 Å². The molecule has 0 aromatic heterocycles. The van der Waals surface area contributed by atoms with Gasteiger partial charge in [-0.25, -0.2) is 0 Å². The molecule has 6 heteroatoms. The Morgan fingerprint density at radius 3 is 2.26 bits per heavy atom. The Balaban J connectivity index is 1.83. The highest BCUT2D eigenvalue weighted by molar-refractivity contribution is 7.87. The smallest absolute Gasteiger partial charge is 0.339 e. The lowest BCUT2D eigenvalue weighted by Crippen LogP contribution is -2.10. The molecular weight excluding hydrogens is 362 g/mol. The van der Waals surface area contributed by atoms with Gasteiger partial charge in [0.2, 0.25) is 0 Å². The summed E-state index contributed by atoms with van der Waals surface area (Å²) in [7, 11) is -2.48. The average Bonchev–Trinajstić information content (AvgIpc) is 2.69. The topological polar surface area (TPSA) is 65.0 Å². The summed E-state index contributed by atoms with van der Waals surface area (Å²) >= 11 is 0. The number of hydrogen-bond acceptors (Lipinski definition) is 5. The molecule has 0 aliphatic carbocycles. The summed E-state index contributed by atoms with van der Waals surface area (Å²) < 4.78 is 35.3. The lowest BCUT2D eigenvalue weighted by molar-refractivity contribution is 0.390. The summed E-state index contributed by atoms with van der Waals surface area (Å²) in [6.07, 6.45) is 1.68. The van der Waals surface area contributed by atoms with Crippen molar-refractivity contribution >= 4 is 22.0 Å². The van der Waals surface area contributed by atoms with Crippen LogP contribution in [0.1, 0.15) is 11.1 Å². The second-order valence-corrected chi connectivity index (χ2v) is 7.40. The fourth-order valence-corrected chi connectivity index (χ4v) is 3.33. The summed E-state index contributed by atoms with van der Waals surface area (Å²) in [5, 5.41) is 0. The van der Waals surface area contributed by atoms with Crippen LogP contribution in [0.15, 0.2) is 82.7 Å². The Morgan fingerprint density at radius 1 is 0.889 bits per heavy atom. The number of methoxy groups -OCH3 is 1. The van der Waals surface area contributed by atoms with E-state index in [4.69, 9.17) is 8.92 Å². The van der Waals surface area contributed by atoms with E-state index in [-0.39, 0.29) is 10.6 Å². The third kappa shape index (κ3) is 4.74. The fourth-order valence-electron chi connectivity index (χ4n) is 2.37. The predicted molar refractivity (Wildman–Crippen MR) is 106 cm³/mol. The average molecular weight is 381 g/mol. The van der Waals surface area contributed by atoms with Crippen LogP contribution >= 0.6 is 0 Å². The number of ether oxygens (including phenoxy) is 1. The molecule has 0 radical (unpaired) electrons. The minimum Gasteiger partial charge on any atom is -0.493 e. The lowest BCUT2D eigenvalue weighted by atomic mass is 10.2. The Kier molecular flexibility index (Phi) is 5.57. The first-order chi connectivity index (χ1) is 13.0. The Bertz CT molecular complexity index is 1040. The highest BCUT2D eigenvalue weighted by atomic mass is 32.2. The predicted octanol–water partition coefficient (Wildman–Crippen LogP) is 4.52. The molecule has 0 unspecified atom stereocenters. The Hall–Kier alpha value is -3.12. The molecule has 0 saturated carbocycles. The van der Waals surface area contributed by atoms with Crippen LogP contribution in [-0.2, 0) is 10.1 Å². The van der Waals surface area contributed by atoms with Crippen LogP contribution in [0.2, 0.25) is 0 Å². The minimum atomic E-state index is -3.93. The van der Waals surface area contributed by atoms with Crippen molar-refractivity contribution in [3.05, 3.63) is 83.9 Å². The van der Waals surface area contributed by atoms with Gasteiger partial charge in [-0.3, -0.25) is 4.99 Å². The van der Waals surface area contributed by atoms with E-state index in [1.165, 1.54) is 19.2 Å². The van der Waals surface area contributed by atoms with Crippen molar-refractivity contribution in [1.82, 2.24) is 0 Å². The summed E-state index contributed by atoms with van der Waals surface area (Å²) in [5.41, 5.74) is 2.75. The molecule has 0 N–H and O–H groups in total. The normalized spacial score (nSPS) is 11.5. The zero-order valence-electron chi connectivity index (χ0n) is 15.0. The van der Waals surface area contributed by atoms with Gasteiger partial charge in [0.05, 0.1) is 12.8 Å². The van der Waals surface area contributed by atoms with Crippen molar-refractivity contribution in [1.29, 1.82) is 0 Å². The largest absolute Gasteiger partial charge is 0.493 e. The van der Waals surface area contributed by atoms with Crippen molar-refractivity contribution in [3.8, 4) is 11.5 Å². The van der Waals surface area contributed by atoms with Gasteiger partial charge < -0.3 is 8.92 Å². The molecular formula is C21H19NO4S. The number of rotatable bonds is 6. The van der Waals surface area contributed by atoms with Crippen molar-refractivity contribution < 1.29 is 17.3 Å². The lowest BCUT2D eigenvalue weighted by Gasteiger charge is -2.11. The minimum absolute atomic E-state index is 0.0806. The van der Waals surface area contributed by atoms with Gasteiger partial charge in [-0.15, -0.1) is 0 Å². The van der Waals surface area contributed by atoms with Gasteiger partial charge in [0.15, 0.2) is 11.5 Å². The number of aryl methyl sites for hydroxylation is 1. The van der Waals surface area contributed by atoms with Gasteiger partial charge in [-0.05, 0) is 55.0 Å². The van der Waals surface area contributed by atoms with E-state index < -0.39 is 10.1 Å². The zero-order chi connectivity index (χ0) is 19.3. The van der Waals surface area contributed by atoms with E-state index in [9.17, 15) is 8.42 Å². The highest BCUT2D eigenvalue weighted by Crippen LogP contribution is 2.30. The third-order valence-corrected chi connectivity index (χ3v) is 5.06. The highest BCUT2D eigenvalue weighted by Gasteiger charge is 2.18. The maximum absolute atomic E-state index is 12.4. The van der Waals surface area contributed by atoms with Crippen LogP contribution in [0, 0.1) is 6.92 Å². The summed E-state index contributed by atoms with van der Waals surface area (Å²) in [6.45, 7) is 2.01. The van der Waals surface area contributed by atoms with Gasteiger partial charge in [0.1, 0.15) is 4.90 Å². The summed E-state index contributed by atoms with van der Waals surface area (Å²) in [6, 6.07) is 20.7. The van der Waals surface area contributed by atoms with Crippen molar-refractivity contribution in [2.24, 2.45) is 4.99 Å². The second kappa shape index (κ2) is 8.05. The summed E-state index contributed by atoms with van der Waals surface area (Å²) in [5.74, 6) is 0.427. The second-order valence-electron chi connectivity index (χ2n) is 5.85. The van der Waals surface area contributed by atoms with E-state index in [1.807, 2.05) is 31.2 Å². The van der Waals surface area contributed by atoms with Gasteiger partial charge in [0.25, 0.3) is 0 Å². The Labute approximate surface area is 159 Å². The third-order valence-electron chi connectivity index (χ3n) is 3.82. The molecule has 3 aromatic rings. The maximum Gasteiger partial charge on any atom is 0.339 e. The first-order valence-corrected chi connectivity index (χ1v) is 9.67. The zero-order valence-corrected chi connectivity index (χ0v) is 15.8.